The van der Waals surface area contributed by atoms with Gasteiger partial charge in [-0.3, -0.25) is 0 Å². The van der Waals surface area contributed by atoms with E-state index in [1.807, 2.05) is 18.2 Å². The van der Waals surface area contributed by atoms with Crippen LogP contribution in [0, 0.1) is 11.8 Å². The van der Waals surface area contributed by atoms with Crippen LogP contribution < -0.4 is 5.73 Å². The van der Waals surface area contributed by atoms with E-state index >= 15 is 0 Å². The van der Waals surface area contributed by atoms with Crippen LogP contribution in [0.1, 0.15) is 37.7 Å². The van der Waals surface area contributed by atoms with Crippen LogP contribution in [0.4, 0.5) is 13.2 Å². The molecule has 0 amide bonds. The second-order valence-corrected chi connectivity index (χ2v) is 5.84. The molecule has 1 aromatic carbocycles. The second kappa shape index (κ2) is 6.61. The normalized spacial score (nSPS) is 25.4. The largest absolute Gasteiger partial charge is 0.391 e. The molecule has 1 aliphatic rings. The highest BCUT2D eigenvalue weighted by atomic mass is 19.4. The summed E-state index contributed by atoms with van der Waals surface area (Å²) in [5, 5.41) is 0. The van der Waals surface area contributed by atoms with Crippen molar-refractivity contribution in [2.45, 2.75) is 50.7 Å². The lowest BCUT2D eigenvalue weighted by molar-refractivity contribution is -0.184. The van der Waals surface area contributed by atoms with Gasteiger partial charge < -0.3 is 5.73 Å². The van der Waals surface area contributed by atoms with E-state index in [9.17, 15) is 13.2 Å². The highest BCUT2D eigenvalue weighted by Gasteiger charge is 2.42. The zero-order valence-corrected chi connectivity index (χ0v) is 11.6. The first-order valence-corrected chi connectivity index (χ1v) is 7.33. The van der Waals surface area contributed by atoms with E-state index < -0.39 is 12.1 Å². The number of aryl methyl sites for hydroxylation is 1. The van der Waals surface area contributed by atoms with Crippen molar-refractivity contribution in [3.05, 3.63) is 35.9 Å². The van der Waals surface area contributed by atoms with Crippen LogP contribution in [0.25, 0.3) is 0 Å². The molecule has 0 heterocycles. The summed E-state index contributed by atoms with van der Waals surface area (Å²) in [5.74, 6) is -0.864. The van der Waals surface area contributed by atoms with Crippen LogP contribution in [0.5, 0.6) is 0 Å². The Bertz CT molecular complexity index is 394. The van der Waals surface area contributed by atoms with Crippen LogP contribution in [-0.2, 0) is 6.42 Å². The van der Waals surface area contributed by atoms with Gasteiger partial charge in [0, 0.05) is 6.04 Å². The lowest BCUT2D eigenvalue weighted by atomic mass is 9.77. The summed E-state index contributed by atoms with van der Waals surface area (Å²) >= 11 is 0. The molecule has 0 saturated heterocycles. The highest BCUT2D eigenvalue weighted by Crippen LogP contribution is 2.40. The van der Waals surface area contributed by atoms with Gasteiger partial charge in [0.15, 0.2) is 0 Å². The van der Waals surface area contributed by atoms with Gasteiger partial charge in [-0.05, 0) is 50.0 Å². The zero-order valence-electron chi connectivity index (χ0n) is 11.6. The smallest absolute Gasteiger partial charge is 0.327 e. The van der Waals surface area contributed by atoms with Crippen molar-refractivity contribution in [2.24, 2.45) is 17.6 Å². The average molecular weight is 285 g/mol. The maximum atomic E-state index is 12.6. The summed E-state index contributed by atoms with van der Waals surface area (Å²) in [7, 11) is 0. The summed E-state index contributed by atoms with van der Waals surface area (Å²) in [5.41, 5.74) is 7.41. The van der Waals surface area contributed by atoms with Crippen molar-refractivity contribution in [1.29, 1.82) is 0 Å². The number of benzene rings is 1. The lowest BCUT2D eigenvalue weighted by Crippen LogP contribution is -2.36. The van der Waals surface area contributed by atoms with E-state index in [2.05, 4.69) is 12.1 Å². The molecule has 1 unspecified atom stereocenters. The molecule has 0 aromatic heterocycles. The van der Waals surface area contributed by atoms with E-state index in [0.29, 0.717) is 12.8 Å². The summed E-state index contributed by atoms with van der Waals surface area (Å²) in [6.07, 6.45) is -0.563. The second-order valence-electron chi connectivity index (χ2n) is 5.84. The van der Waals surface area contributed by atoms with Gasteiger partial charge in [0.25, 0.3) is 0 Å². The molecule has 0 radical (unpaired) electrons. The minimum absolute atomic E-state index is 0.0180. The number of halogens is 3. The monoisotopic (exact) mass is 285 g/mol. The first kappa shape index (κ1) is 15.4. The Morgan fingerprint density at radius 2 is 1.65 bits per heavy atom. The zero-order chi connectivity index (χ0) is 14.6. The molecule has 1 aliphatic carbocycles. The minimum Gasteiger partial charge on any atom is -0.327 e. The van der Waals surface area contributed by atoms with E-state index in [1.165, 1.54) is 5.56 Å². The molecule has 0 aliphatic heterocycles. The number of hydrogen-bond donors (Lipinski definition) is 1. The third kappa shape index (κ3) is 4.23. The molecule has 0 bridgehead atoms. The minimum atomic E-state index is -4.03. The molecular weight excluding hydrogens is 263 g/mol. The molecule has 1 atom stereocenters. The number of hydrogen-bond acceptors (Lipinski definition) is 1. The molecule has 2 N–H and O–H groups in total. The van der Waals surface area contributed by atoms with Crippen LogP contribution in [0.2, 0.25) is 0 Å². The van der Waals surface area contributed by atoms with Crippen molar-refractivity contribution in [1.82, 2.24) is 0 Å². The molecular formula is C16H22F3N. The predicted octanol–water partition coefficient (Wildman–Crippen LogP) is 4.32. The van der Waals surface area contributed by atoms with E-state index in [0.717, 1.165) is 12.8 Å². The van der Waals surface area contributed by atoms with E-state index in [1.54, 1.807) is 0 Å². The van der Waals surface area contributed by atoms with Crippen molar-refractivity contribution < 1.29 is 13.2 Å². The van der Waals surface area contributed by atoms with Gasteiger partial charge in [-0.15, -0.1) is 0 Å². The van der Waals surface area contributed by atoms with Crippen molar-refractivity contribution in [2.75, 3.05) is 0 Å². The molecule has 1 saturated carbocycles. The summed E-state index contributed by atoms with van der Waals surface area (Å²) in [4.78, 5) is 0. The molecule has 20 heavy (non-hydrogen) atoms. The molecule has 1 aromatic rings. The maximum absolute atomic E-state index is 12.6. The Hall–Kier alpha value is -1.03. The maximum Gasteiger partial charge on any atom is 0.391 e. The SMILES string of the molecule is NC(CCc1ccccc1)C1CCC(C(F)(F)F)CC1. The van der Waals surface area contributed by atoms with Crippen LogP contribution in [0.3, 0.4) is 0 Å². The topological polar surface area (TPSA) is 26.0 Å². The number of nitrogens with two attached hydrogens (primary N) is 1. The fourth-order valence-electron chi connectivity index (χ4n) is 3.09. The van der Waals surface area contributed by atoms with Crippen molar-refractivity contribution in [3.8, 4) is 0 Å². The third-order valence-corrected chi connectivity index (χ3v) is 4.45. The Morgan fingerprint density at radius 1 is 1.05 bits per heavy atom. The highest BCUT2D eigenvalue weighted by molar-refractivity contribution is 5.14. The summed E-state index contributed by atoms with van der Waals surface area (Å²) in [6, 6.07) is 10.1. The first-order chi connectivity index (χ1) is 9.47. The Kier molecular flexibility index (Phi) is 5.08. The van der Waals surface area contributed by atoms with Gasteiger partial charge in [0.1, 0.15) is 0 Å². The average Bonchev–Trinajstić information content (AvgIpc) is 2.45. The first-order valence-electron chi connectivity index (χ1n) is 7.33. The fraction of sp³-hybridized carbons (Fsp3) is 0.625. The van der Waals surface area contributed by atoms with Gasteiger partial charge in [0.05, 0.1) is 5.92 Å². The fourth-order valence-corrected chi connectivity index (χ4v) is 3.09. The molecule has 1 nitrogen and oxygen atoms in total. The van der Waals surface area contributed by atoms with Crippen LogP contribution >= 0.6 is 0 Å². The molecule has 4 heteroatoms. The number of rotatable bonds is 4. The van der Waals surface area contributed by atoms with Gasteiger partial charge >= 0.3 is 6.18 Å². The summed E-state index contributed by atoms with van der Waals surface area (Å²) in [6.45, 7) is 0. The molecule has 112 valence electrons. The van der Waals surface area contributed by atoms with E-state index in [-0.39, 0.29) is 24.8 Å². The molecule has 2 rings (SSSR count). The Labute approximate surface area is 118 Å². The lowest BCUT2D eigenvalue weighted by Gasteiger charge is -2.33. The van der Waals surface area contributed by atoms with E-state index in [4.69, 9.17) is 5.73 Å². The number of alkyl halides is 3. The van der Waals surface area contributed by atoms with Crippen molar-refractivity contribution in [3.63, 3.8) is 0 Å². The quantitative estimate of drug-likeness (QED) is 0.876. The van der Waals surface area contributed by atoms with Gasteiger partial charge in [-0.25, -0.2) is 0 Å². The molecule has 1 fully saturated rings. The van der Waals surface area contributed by atoms with Gasteiger partial charge in [-0.1, -0.05) is 30.3 Å². The van der Waals surface area contributed by atoms with Crippen molar-refractivity contribution >= 4 is 0 Å². The molecule has 0 spiro atoms. The van der Waals surface area contributed by atoms with Gasteiger partial charge in [0.2, 0.25) is 0 Å². The van der Waals surface area contributed by atoms with Crippen LogP contribution in [-0.4, -0.2) is 12.2 Å². The van der Waals surface area contributed by atoms with Crippen LogP contribution in [0.15, 0.2) is 30.3 Å². The Balaban J connectivity index is 1.76. The van der Waals surface area contributed by atoms with Gasteiger partial charge in [-0.2, -0.15) is 13.2 Å². The predicted molar refractivity (Wildman–Crippen MR) is 74.2 cm³/mol. The Morgan fingerprint density at radius 3 is 2.20 bits per heavy atom. The third-order valence-electron chi connectivity index (χ3n) is 4.45. The standard InChI is InChI=1S/C16H22F3N/c17-16(18,19)14-9-7-13(8-10-14)15(20)11-6-12-4-2-1-3-5-12/h1-5,13-15H,6-11,20H2. The summed E-state index contributed by atoms with van der Waals surface area (Å²) < 4.78 is 37.8.